The van der Waals surface area contributed by atoms with Crippen molar-refractivity contribution in [1.29, 1.82) is 0 Å². The van der Waals surface area contributed by atoms with Gasteiger partial charge in [-0.3, -0.25) is 4.79 Å². The Morgan fingerprint density at radius 2 is 1.45 bits per heavy atom. The molecule has 2 aromatic carbocycles. The molecule has 20 heavy (non-hydrogen) atoms. The van der Waals surface area contributed by atoms with E-state index in [9.17, 15) is 4.79 Å². The van der Waals surface area contributed by atoms with Crippen LogP contribution >= 0.6 is 11.6 Å². The normalized spacial score (nSPS) is 10.1. The summed E-state index contributed by atoms with van der Waals surface area (Å²) < 4.78 is 10.9. The van der Waals surface area contributed by atoms with Crippen LogP contribution in [0.2, 0.25) is 5.02 Å². The second-order valence-corrected chi connectivity index (χ2v) is 4.46. The highest BCUT2D eigenvalue weighted by atomic mass is 35.5. The number of ether oxygens (including phenoxy) is 2. The van der Waals surface area contributed by atoms with Crippen molar-refractivity contribution in [2.45, 2.75) is 6.42 Å². The first kappa shape index (κ1) is 14.2. The van der Waals surface area contributed by atoms with Crippen LogP contribution in [0.15, 0.2) is 48.5 Å². The SMILES string of the molecule is O=C(O)CCOc1ccc(Oc2ccc(Cl)cc2)cc1. The van der Waals surface area contributed by atoms with E-state index < -0.39 is 5.97 Å². The topological polar surface area (TPSA) is 55.8 Å². The van der Waals surface area contributed by atoms with Gasteiger partial charge in [0.1, 0.15) is 17.2 Å². The molecule has 0 saturated carbocycles. The summed E-state index contributed by atoms with van der Waals surface area (Å²) in [6, 6.07) is 14.0. The van der Waals surface area contributed by atoms with Gasteiger partial charge in [0.15, 0.2) is 0 Å². The number of benzene rings is 2. The van der Waals surface area contributed by atoms with Gasteiger partial charge >= 0.3 is 5.97 Å². The molecule has 0 bridgehead atoms. The van der Waals surface area contributed by atoms with E-state index in [-0.39, 0.29) is 13.0 Å². The molecular formula is C15H13ClO4. The van der Waals surface area contributed by atoms with Gasteiger partial charge < -0.3 is 14.6 Å². The van der Waals surface area contributed by atoms with Crippen LogP contribution in [0.25, 0.3) is 0 Å². The predicted octanol–water partition coefficient (Wildman–Crippen LogP) is 3.99. The standard InChI is InChI=1S/C15H13ClO4/c16-11-1-3-13(4-2-11)20-14-7-5-12(6-8-14)19-10-9-15(17)18/h1-8H,9-10H2,(H,17,18). The number of aliphatic carboxylic acids is 1. The van der Waals surface area contributed by atoms with Crippen LogP contribution in [0.1, 0.15) is 6.42 Å². The van der Waals surface area contributed by atoms with Crippen LogP contribution in [0.5, 0.6) is 17.2 Å². The van der Waals surface area contributed by atoms with E-state index in [1.54, 1.807) is 48.5 Å². The maximum Gasteiger partial charge on any atom is 0.306 e. The Labute approximate surface area is 121 Å². The third-order valence-corrected chi connectivity index (χ3v) is 2.71. The van der Waals surface area contributed by atoms with Crippen LogP contribution in [0, 0.1) is 0 Å². The molecule has 0 aliphatic rings. The van der Waals surface area contributed by atoms with Gasteiger partial charge in [-0.1, -0.05) is 11.6 Å². The molecule has 4 nitrogen and oxygen atoms in total. The van der Waals surface area contributed by atoms with Crippen molar-refractivity contribution in [2.24, 2.45) is 0 Å². The Balaban J connectivity index is 1.91. The first-order chi connectivity index (χ1) is 9.63. The van der Waals surface area contributed by atoms with Crippen molar-refractivity contribution in [2.75, 3.05) is 6.61 Å². The molecule has 104 valence electrons. The first-order valence-electron chi connectivity index (χ1n) is 6.01. The number of carboxylic acids is 1. The molecule has 0 atom stereocenters. The lowest BCUT2D eigenvalue weighted by Gasteiger charge is -2.08. The van der Waals surface area contributed by atoms with Crippen molar-refractivity contribution in [1.82, 2.24) is 0 Å². The highest BCUT2D eigenvalue weighted by Gasteiger charge is 2.00. The fraction of sp³-hybridized carbons (Fsp3) is 0.133. The highest BCUT2D eigenvalue weighted by molar-refractivity contribution is 6.30. The van der Waals surface area contributed by atoms with Gasteiger partial charge in [-0.25, -0.2) is 0 Å². The minimum absolute atomic E-state index is 0.0248. The van der Waals surface area contributed by atoms with Crippen LogP contribution in [-0.4, -0.2) is 17.7 Å². The van der Waals surface area contributed by atoms with E-state index in [1.807, 2.05) is 0 Å². The van der Waals surface area contributed by atoms with Crippen molar-refractivity contribution in [3.05, 3.63) is 53.6 Å². The lowest BCUT2D eigenvalue weighted by molar-refractivity contribution is -0.137. The van der Waals surface area contributed by atoms with Crippen LogP contribution in [0.3, 0.4) is 0 Å². The molecule has 0 heterocycles. The second-order valence-electron chi connectivity index (χ2n) is 4.02. The van der Waals surface area contributed by atoms with Crippen molar-refractivity contribution in [3.63, 3.8) is 0 Å². The van der Waals surface area contributed by atoms with Gasteiger partial charge in [-0.15, -0.1) is 0 Å². The predicted molar refractivity (Wildman–Crippen MR) is 75.7 cm³/mol. The van der Waals surface area contributed by atoms with E-state index in [2.05, 4.69) is 0 Å². The molecule has 0 amide bonds. The minimum atomic E-state index is -0.882. The molecule has 0 aromatic heterocycles. The summed E-state index contributed by atoms with van der Waals surface area (Å²) in [6.45, 7) is 0.146. The molecule has 0 saturated heterocycles. The lowest BCUT2D eigenvalue weighted by Crippen LogP contribution is -2.04. The van der Waals surface area contributed by atoms with E-state index >= 15 is 0 Å². The first-order valence-corrected chi connectivity index (χ1v) is 6.39. The van der Waals surface area contributed by atoms with E-state index in [4.69, 9.17) is 26.2 Å². The number of rotatable bonds is 6. The smallest absolute Gasteiger partial charge is 0.306 e. The summed E-state index contributed by atoms with van der Waals surface area (Å²) in [5, 5.41) is 9.16. The Bertz CT molecular complexity index is 563. The summed E-state index contributed by atoms with van der Waals surface area (Å²) in [4.78, 5) is 10.4. The van der Waals surface area contributed by atoms with Gasteiger partial charge in [-0.05, 0) is 48.5 Å². The van der Waals surface area contributed by atoms with Gasteiger partial charge in [0.25, 0.3) is 0 Å². The van der Waals surface area contributed by atoms with Crippen molar-refractivity contribution in [3.8, 4) is 17.2 Å². The van der Waals surface area contributed by atoms with Gasteiger partial charge in [0.2, 0.25) is 0 Å². The zero-order valence-corrected chi connectivity index (χ0v) is 11.3. The molecule has 0 unspecified atom stereocenters. The fourth-order valence-corrected chi connectivity index (χ4v) is 1.62. The van der Waals surface area contributed by atoms with Crippen LogP contribution in [-0.2, 0) is 4.79 Å². The summed E-state index contributed by atoms with van der Waals surface area (Å²) in [5.74, 6) is 1.08. The highest BCUT2D eigenvalue weighted by Crippen LogP contribution is 2.25. The molecule has 0 fully saturated rings. The zero-order valence-electron chi connectivity index (χ0n) is 10.6. The second kappa shape index (κ2) is 6.82. The third-order valence-electron chi connectivity index (χ3n) is 2.46. The number of hydrogen-bond acceptors (Lipinski definition) is 3. The van der Waals surface area contributed by atoms with Crippen LogP contribution < -0.4 is 9.47 Å². The molecule has 0 aliphatic carbocycles. The largest absolute Gasteiger partial charge is 0.493 e. The van der Waals surface area contributed by atoms with E-state index in [0.29, 0.717) is 22.3 Å². The lowest BCUT2D eigenvalue weighted by atomic mass is 10.3. The molecular weight excluding hydrogens is 280 g/mol. The Morgan fingerprint density at radius 3 is 2.00 bits per heavy atom. The quantitative estimate of drug-likeness (QED) is 0.875. The third kappa shape index (κ3) is 4.48. The Morgan fingerprint density at radius 1 is 0.950 bits per heavy atom. The Kier molecular flexibility index (Phi) is 4.85. The maximum absolute atomic E-state index is 10.4. The van der Waals surface area contributed by atoms with Gasteiger partial charge in [0.05, 0.1) is 13.0 Å². The average molecular weight is 293 g/mol. The molecule has 0 aliphatic heterocycles. The molecule has 0 radical (unpaired) electrons. The fourth-order valence-electron chi connectivity index (χ4n) is 1.50. The van der Waals surface area contributed by atoms with Crippen LogP contribution in [0.4, 0.5) is 0 Å². The number of carbonyl (C=O) groups is 1. The minimum Gasteiger partial charge on any atom is -0.493 e. The Hall–Kier alpha value is -2.20. The van der Waals surface area contributed by atoms with Gasteiger partial charge in [0, 0.05) is 5.02 Å². The van der Waals surface area contributed by atoms with Gasteiger partial charge in [-0.2, -0.15) is 0 Å². The number of carboxylic acid groups (broad SMARTS) is 1. The summed E-state index contributed by atoms with van der Waals surface area (Å²) in [5.41, 5.74) is 0. The number of halogens is 1. The van der Waals surface area contributed by atoms with E-state index in [1.165, 1.54) is 0 Å². The average Bonchev–Trinajstić information content (AvgIpc) is 2.43. The summed E-state index contributed by atoms with van der Waals surface area (Å²) in [6.07, 6.45) is -0.0248. The monoisotopic (exact) mass is 292 g/mol. The molecule has 2 rings (SSSR count). The molecule has 0 spiro atoms. The molecule has 2 aromatic rings. The van der Waals surface area contributed by atoms with E-state index in [0.717, 1.165) is 0 Å². The number of hydrogen-bond donors (Lipinski definition) is 1. The molecule has 1 N–H and O–H groups in total. The molecule has 5 heteroatoms. The maximum atomic E-state index is 10.4. The zero-order chi connectivity index (χ0) is 14.4. The summed E-state index contributed by atoms with van der Waals surface area (Å²) in [7, 11) is 0. The van der Waals surface area contributed by atoms with Crippen molar-refractivity contribution >= 4 is 17.6 Å². The van der Waals surface area contributed by atoms with Crippen molar-refractivity contribution < 1.29 is 19.4 Å². The summed E-state index contributed by atoms with van der Waals surface area (Å²) >= 11 is 5.79.